The van der Waals surface area contributed by atoms with Crippen molar-refractivity contribution < 1.29 is 19.4 Å². The maximum atomic E-state index is 11.0. The zero-order valence-corrected chi connectivity index (χ0v) is 12.2. The molecule has 0 spiro atoms. The van der Waals surface area contributed by atoms with Crippen LogP contribution in [0.25, 0.3) is 0 Å². The fraction of sp³-hybridized carbons (Fsp3) is 0.533. The molecule has 1 fully saturated rings. The number of carboxylic acid groups (broad SMARTS) is 1. The summed E-state index contributed by atoms with van der Waals surface area (Å²) in [6, 6.07) is 3.93. The van der Waals surface area contributed by atoms with Crippen molar-refractivity contribution in [2.24, 2.45) is 5.92 Å². The van der Waals surface area contributed by atoms with Gasteiger partial charge >= 0.3 is 5.97 Å². The summed E-state index contributed by atoms with van der Waals surface area (Å²) in [4.78, 5) is 13.2. The Hall–Kier alpha value is -1.75. The van der Waals surface area contributed by atoms with Crippen LogP contribution in [0, 0.1) is 12.8 Å². The summed E-state index contributed by atoms with van der Waals surface area (Å²) in [5.74, 6) is 0.493. The molecule has 0 aliphatic carbocycles. The van der Waals surface area contributed by atoms with E-state index in [1.807, 2.05) is 19.1 Å². The molecular formula is C15H21NO4. The fourth-order valence-electron chi connectivity index (χ4n) is 2.61. The maximum absolute atomic E-state index is 11.0. The number of likely N-dealkylation sites (tertiary alicyclic amines) is 1. The van der Waals surface area contributed by atoms with E-state index in [1.165, 1.54) is 0 Å². The Kier molecular flexibility index (Phi) is 4.49. The highest BCUT2D eigenvalue weighted by Gasteiger charge is 2.28. The minimum atomic E-state index is -0.698. The van der Waals surface area contributed by atoms with Gasteiger partial charge < -0.3 is 14.6 Å². The smallest absolute Gasteiger partial charge is 0.307 e. The number of nitrogens with zero attached hydrogens (tertiary/aromatic N) is 1. The lowest BCUT2D eigenvalue weighted by molar-refractivity contribution is -0.141. The average molecular weight is 279 g/mol. The van der Waals surface area contributed by atoms with E-state index in [0.717, 1.165) is 36.4 Å². The van der Waals surface area contributed by atoms with Crippen molar-refractivity contribution in [3.05, 3.63) is 23.3 Å². The van der Waals surface area contributed by atoms with Gasteiger partial charge in [-0.3, -0.25) is 9.69 Å². The van der Waals surface area contributed by atoms with Gasteiger partial charge in [0.25, 0.3) is 0 Å². The number of aryl methyl sites for hydroxylation is 1. The van der Waals surface area contributed by atoms with Crippen LogP contribution >= 0.6 is 0 Å². The van der Waals surface area contributed by atoms with Gasteiger partial charge in [-0.15, -0.1) is 0 Å². The monoisotopic (exact) mass is 279 g/mol. The summed E-state index contributed by atoms with van der Waals surface area (Å²) in [5, 5.41) is 9.04. The number of aliphatic carboxylic acids is 1. The van der Waals surface area contributed by atoms with Crippen molar-refractivity contribution in [3.8, 4) is 11.5 Å². The lowest BCUT2D eigenvalue weighted by atomic mass is 10.1. The van der Waals surface area contributed by atoms with E-state index < -0.39 is 5.97 Å². The van der Waals surface area contributed by atoms with Gasteiger partial charge in [0, 0.05) is 13.1 Å². The Morgan fingerprint density at radius 2 is 2.00 bits per heavy atom. The van der Waals surface area contributed by atoms with Crippen LogP contribution in [-0.2, 0) is 11.3 Å². The molecule has 0 bridgehead atoms. The number of ether oxygens (including phenoxy) is 2. The van der Waals surface area contributed by atoms with Gasteiger partial charge in [0.15, 0.2) is 11.5 Å². The van der Waals surface area contributed by atoms with Crippen molar-refractivity contribution in [2.75, 3.05) is 27.3 Å². The number of hydrogen-bond acceptors (Lipinski definition) is 4. The molecule has 0 radical (unpaired) electrons. The number of benzene rings is 1. The predicted molar refractivity (Wildman–Crippen MR) is 75.3 cm³/mol. The van der Waals surface area contributed by atoms with E-state index in [-0.39, 0.29) is 5.92 Å². The van der Waals surface area contributed by atoms with Gasteiger partial charge in [-0.2, -0.15) is 0 Å². The number of rotatable bonds is 5. The predicted octanol–water partition coefficient (Wildman–Crippen LogP) is 1.92. The van der Waals surface area contributed by atoms with Crippen molar-refractivity contribution >= 4 is 5.97 Å². The molecule has 1 saturated heterocycles. The molecule has 1 unspecified atom stereocenters. The third-order valence-electron chi connectivity index (χ3n) is 3.86. The second-order valence-corrected chi connectivity index (χ2v) is 5.19. The van der Waals surface area contributed by atoms with Crippen LogP contribution in [-0.4, -0.2) is 43.3 Å². The van der Waals surface area contributed by atoms with Crippen LogP contribution < -0.4 is 9.47 Å². The summed E-state index contributed by atoms with van der Waals surface area (Å²) in [5.41, 5.74) is 2.27. The lowest BCUT2D eigenvalue weighted by Crippen LogP contribution is -2.23. The topological polar surface area (TPSA) is 59.0 Å². The highest BCUT2D eigenvalue weighted by atomic mass is 16.5. The van der Waals surface area contributed by atoms with Crippen molar-refractivity contribution in [3.63, 3.8) is 0 Å². The Morgan fingerprint density at radius 3 is 2.55 bits per heavy atom. The van der Waals surface area contributed by atoms with Gasteiger partial charge in [-0.1, -0.05) is 0 Å². The van der Waals surface area contributed by atoms with Crippen LogP contribution in [0.3, 0.4) is 0 Å². The van der Waals surface area contributed by atoms with Crippen molar-refractivity contribution in [1.29, 1.82) is 0 Å². The first-order chi connectivity index (χ1) is 9.55. The third-order valence-corrected chi connectivity index (χ3v) is 3.86. The van der Waals surface area contributed by atoms with E-state index in [1.54, 1.807) is 14.2 Å². The van der Waals surface area contributed by atoms with E-state index in [2.05, 4.69) is 4.90 Å². The van der Waals surface area contributed by atoms with Crippen LogP contribution in [0.1, 0.15) is 17.5 Å². The summed E-state index contributed by atoms with van der Waals surface area (Å²) in [6.07, 6.45) is 0.724. The van der Waals surface area contributed by atoms with Gasteiger partial charge in [-0.05, 0) is 43.1 Å². The molecule has 1 heterocycles. The number of carbonyl (C=O) groups is 1. The molecule has 1 aromatic carbocycles. The second-order valence-electron chi connectivity index (χ2n) is 5.19. The van der Waals surface area contributed by atoms with Crippen LogP contribution in [0.5, 0.6) is 11.5 Å². The molecule has 0 aromatic heterocycles. The molecule has 5 nitrogen and oxygen atoms in total. The highest BCUT2D eigenvalue weighted by molar-refractivity contribution is 5.70. The SMILES string of the molecule is COc1cc(C)c(CN2CCC(C(=O)O)C2)cc1OC. The molecule has 1 atom stereocenters. The van der Waals surface area contributed by atoms with E-state index in [4.69, 9.17) is 14.6 Å². The molecule has 1 aromatic rings. The molecule has 110 valence electrons. The number of hydrogen-bond donors (Lipinski definition) is 1. The van der Waals surface area contributed by atoms with Crippen LogP contribution in [0.2, 0.25) is 0 Å². The van der Waals surface area contributed by atoms with Crippen molar-refractivity contribution in [2.45, 2.75) is 19.9 Å². The third kappa shape index (κ3) is 3.04. The first-order valence-corrected chi connectivity index (χ1v) is 6.71. The quantitative estimate of drug-likeness (QED) is 0.892. The molecule has 1 aliphatic heterocycles. The zero-order valence-electron chi connectivity index (χ0n) is 12.2. The Balaban J connectivity index is 2.12. The molecule has 5 heteroatoms. The van der Waals surface area contributed by atoms with Crippen LogP contribution in [0.15, 0.2) is 12.1 Å². The minimum absolute atomic E-state index is 0.240. The molecule has 1 aliphatic rings. The van der Waals surface area contributed by atoms with Gasteiger partial charge in [-0.25, -0.2) is 0 Å². The minimum Gasteiger partial charge on any atom is -0.493 e. The van der Waals surface area contributed by atoms with Crippen LogP contribution in [0.4, 0.5) is 0 Å². The van der Waals surface area contributed by atoms with E-state index in [0.29, 0.717) is 12.3 Å². The van der Waals surface area contributed by atoms with Crippen molar-refractivity contribution in [1.82, 2.24) is 4.90 Å². The molecule has 2 rings (SSSR count). The maximum Gasteiger partial charge on any atom is 0.307 e. The molecule has 0 amide bonds. The summed E-state index contributed by atoms with van der Waals surface area (Å²) >= 11 is 0. The Labute approximate surface area is 119 Å². The highest BCUT2D eigenvalue weighted by Crippen LogP contribution is 2.31. The second kappa shape index (κ2) is 6.13. The average Bonchev–Trinajstić information content (AvgIpc) is 2.89. The molecular weight excluding hydrogens is 258 g/mol. The molecule has 20 heavy (non-hydrogen) atoms. The zero-order chi connectivity index (χ0) is 14.7. The fourth-order valence-corrected chi connectivity index (χ4v) is 2.61. The number of carboxylic acids is 1. The number of methoxy groups -OCH3 is 2. The summed E-state index contributed by atoms with van der Waals surface area (Å²) < 4.78 is 10.6. The summed E-state index contributed by atoms with van der Waals surface area (Å²) in [6.45, 7) is 4.21. The van der Waals surface area contributed by atoms with Gasteiger partial charge in [0.05, 0.1) is 20.1 Å². The summed E-state index contributed by atoms with van der Waals surface area (Å²) in [7, 11) is 3.24. The van der Waals surface area contributed by atoms with E-state index in [9.17, 15) is 4.79 Å². The Morgan fingerprint density at radius 1 is 1.35 bits per heavy atom. The standard InChI is InChI=1S/C15H21NO4/c1-10-6-13(19-2)14(20-3)7-12(10)9-16-5-4-11(8-16)15(17)18/h6-7,11H,4-5,8-9H2,1-3H3,(H,17,18). The molecule has 1 N–H and O–H groups in total. The first-order valence-electron chi connectivity index (χ1n) is 6.71. The molecule has 0 saturated carbocycles. The lowest BCUT2D eigenvalue weighted by Gasteiger charge is -2.18. The van der Waals surface area contributed by atoms with E-state index >= 15 is 0 Å². The normalized spacial score (nSPS) is 19.1. The Bertz CT molecular complexity index is 501. The van der Waals surface area contributed by atoms with Gasteiger partial charge in [0.1, 0.15) is 0 Å². The van der Waals surface area contributed by atoms with Gasteiger partial charge in [0.2, 0.25) is 0 Å². The largest absolute Gasteiger partial charge is 0.493 e. The first kappa shape index (κ1) is 14.7.